The first-order valence-electron chi connectivity index (χ1n) is 8.47. The smallest absolute Gasteiger partial charge is 0.0838 e. The van der Waals surface area contributed by atoms with Crippen molar-refractivity contribution in [3.05, 3.63) is 96.6 Å². The minimum atomic E-state index is -0.411. The second kappa shape index (κ2) is 6.50. The van der Waals surface area contributed by atoms with E-state index in [1.54, 1.807) is 0 Å². The number of aliphatic hydroxyl groups excluding tert-OH is 1. The van der Waals surface area contributed by atoms with Gasteiger partial charge in [-0.3, -0.25) is 0 Å². The van der Waals surface area contributed by atoms with Crippen LogP contribution in [0.4, 0.5) is 11.4 Å². The number of nitrogens with zero attached hydrogens (tertiary/aromatic N) is 1. The molecule has 3 aromatic rings. The van der Waals surface area contributed by atoms with E-state index in [1.165, 1.54) is 11.4 Å². The number of anilines is 2. The van der Waals surface area contributed by atoms with Crippen LogP contribution in [-0.4, -0.2) is 11.1 Å². The van der Waals surface area contributed by atoms with Gasteiger partial charge in [-0.1, -0.05) is 66.7 Å². The molecule has 0 amide bonds. The Morgan fingerprint density at radius 3 is 1.67 bits per heavy atom. The van der Waals surface area contributed by atoms with Crippen molar-refractivity contribution in [3.8, 4) is 0 Å². The van der Waals surface area contributed by atoms with E-state index in [4.69, 9.17) is 0 Å². The number of hydrogen-bond donors (Lipinski definition) is 1. The van der Waals surface area contributed by atoms with Crippen molar-refractivity contribution < 1.29 is 5.11 Å². The molecule has 0 spiro atoms. The molecule has 24 heavy (non-hydrogen) atoms. The van der Waals surface area contributed by atoms with Gasteiger partial charge in [0.25, 0.3) is 0 Å². The van der Waals surface area contributed by atoms with Gasteiger partial charge in [-0.2, -0.15) is 0 Å². The molecular formula is C22H21NO. The molecular weight excluding hydrogens is 294 g/mol. The molecule has 2 nitrogen and oxygen atoms in total. The van der Waals surface area contributed by atoms with Crippen molar-refractivity contribution in [1.29, 1.82) is 0 Å². The van der Waals surface area contributed by atoms with Crippen molar-refractivity contribution in [2.45, 2.75) is 18.6 Å². The van der Waals surface area contributed by atoms with Gasteiger partial charge < -0.3 is 10.0 Å². The van der Waals surface area contributed by atoms with E-state index < -0.39 is 6.10 Å². The standard InChI is InChI=1S/C22H21NO/c24-22(17-10-4-1-5-11-17)20-16-21(20)23(18-12-6-2-7-13-18)19-14-8-3-9-15-19/h1-15,20-22,24H,16H2/t20-,21-,22+/m0/s1. The minimum absolute atomic E-state index is 0.257. The molecule has 3 aromatic carbocycles. The molecule has 1 saturated carbocycles. The summed E-state index contributed by atoms with van der Waals surface area (Å²) in [5.74, 6) is 0.257. The Hall–Kier alpha value is -2.58. The quantitative estimate of drug-likeness (QED) is 0.720. The van der Waals surface area contributed by atoms with Crippen LogP contribution in [-0.2, 0) is 0 Å². The number of rotatable bonds is 5. The third-order valence-corrected chi connectivity index (χ3v) is 4.75. The van der Waals surface area contributed by atoms with Crippen LogP contribution in [0.1, 0.15) is 18.1 Å². The molecule has 4 rings (SSSR count). The van der Waals surface area contributed by atoms with E-state index in [2.05, 4.69) is 53.4 Å². The number of benzene rings is 3. The summed E-state index contributed by atoms with van der Waals surface area (Å²) in [7, 11) is 0. The van der Waals surface area contributed by atoms with E-state index >= 15 is 0 Å². The maximum absolute atomic E-state index is 10.7. The highest BCUT2D eigenvalue weighted by molar-refractivity contribution is 5.65. The number of para-hydroxylation sites is 2. The topological polar surface area (TPSA) is 23.5 Å². The molecule has 0 aliphatic heterocycles. The molecule has 0 aromatic heterocycles. The second-order valence-corrected chi connectivity index (χ2v) is 6.36. The maximum Gasteiger partial charge on any atom is 0.0838 e. The summed E-state index contributed by atoms with van der Waals surface area (Å²) >= 11 is 0. The summed E-state index contributed by atoms with van der Waals surface area (Å²) in [6.07, 6.45) is 0.589. The Balaban J connectivity index is 1.62. The Morgan fingerprint density at radius 2 is 1.17 bits per heavy atom. The Morgan fingerprint density at radius 1 is 0.708 bits per heavy atom. The van der Waals surface area contributed by atoms with Crippen LogP contribution < -0.4 is 4.90 Å². The first kappa shape index (κ1) is 15.0. The van der Waals surface area contributed by atoms with Gasteiger partial charge in [0.1, 0.15) is 0 Å². The average molecular weight is 315 g/mol. The summed E-state index contributed by atoms with van der Waals surface area (Å²) in [5, 5.41) is 10.7. The molecule has 1 aliphatic rings. The molecule has 2 heteroatoms. The van der Waals surface area contributed by atoms with Crippen LogP contribution in [0.15, 0.2) is 91.0 Å². The Labute approximate surface area is 143 Å². The molecule has 0 bridgehead atoms. The highest BCUT2D eigenvalue weighted by Crippen LogP contribution is 2.48. The first-order chi connectivity index (χ1) is 11.8. The van der Waals surface area contributed by atoms with Crippen LogP contribution in [0, 0.1) is 5.92 Å². The summed E-state index contributed by atoms with van der Waals surface area (Å²) in [5.41, 5.74) is 3.36. The number of hydrogen-bond acceptors (Lipinski definition) is 2. The summed E-state index contributed by atoms with van der Waals surface area (Å²) in [6.45, 7) is 0. The second-order valence-electron chi connectivity index (χ2n) is 6.36. The van der Waals surface area contributed by atoms with Crippen molar-refractivity contribution in [2.24, 2.45) is 5.92 Å². The van der Waals surface area contributed by atoms with Gasteiger partial charge in [0.05, 0.1) is 6.10 Å². The fourth-order valence-corrected chi connectivity index (χ4v) is 3.44. The zero-order valence-corrected chi connectivity index (χ0v) is 13.5. The third-order valence-electron chi connectivity index (χ3n) is 4.75. The molecule has 0 heterocycles. The van der Waals surface area contributed by atoms with Crippen molar-refractivity contribution >= 4 is 11.4 Å². The van der Waals surface area contributed by atoms with Gasteiger partial charge in [0, 0.05) is 23.3 Å². The van der Waals surface area contributed by atoms with Gasteiger partial charge in [0.2, 0.25) is 0 Å². The Bertz CT molecular complexity index is 733. The molecule has 1 aliphatic carbocycles. The normalized spacial score (nSPS) is 20.4. The fourth-order valence-electron chi connectivity index (χ4n) is 3.44. The molecule has 1 N–H and O–H groups in total. The lowest BCUT2D eigenvalue weighted by atomic mass is 10.0. The van der Waals surface area contributed by atoms with Crippen LogP contribution in [0.5, 0.6) is 0 Å². The predicted octanol–water partition coefficient (Wildman–Crippen LogP) is 4.95. The monoisotopic (exact) mass is 315 g/mol. The summed E-state index contributed by atoms with van der Waals surface area (Å²) < 4.78 is 0. The van der Waals surface area contributed by atoms with E-state index in [9.17, 15) is 5.11 Å². The van der Waals surface area contributed by atoms with E-state index in [1.807, 2.05) is 42.5 Å². The predicted molar refractivity (Wildman–Crippen MR) is 98.3 cm³/mol. The van der Waals surface area contributed by atoms with Crippen LogP contribution in [0.3, 0.4) is 0 Å². The molecule has 3 atom stereocenters. The average Bonchev–Trinajstić information content (AvgIpc) is 3.44. The Kier molecular flexibility index (Phi) is 4.06. The maximum atomic E-state index is 10.7. The third kappa shape index (κ3) is 2.93. The van der Waals surface area contributed by atoms with Gasteiger partial charge in [-0.15, -0.1) is 0 Å². The number of aliphatic hydroxyl groups is 1. The van der Waals surface area contributed by atoms with Crippen molar-refractivity contribution in [2.75, 3.05) is 4.90 Å². The zero-order chi connectivity index (χ0) is 16.4. The van der Waals surface area contributed by atoms with Crippen molar-refractivity contribution in [1.82, 2.24) is 0 Å². The van der Waals surface area contributed by atoms with E-state index in [0.29, 0.717) is 6.04 Å². The highest BCUT2D eigenvalue weighted by atomic mass is 16.3. The lowest BCUT2D eigenvalue weighted by molar-refractivity contribution is 0.151. The first-order valence-corrected chi connectivity index (χ1v) is 8.47. The minimum Gasteiger partial charge on any atom is -0.388 e. The largest absolute Gasteiger partial charge is 0.388 e. The lowest BCUT2D eigenvalue weighted by Gasteiger charge is -2.26. The molecule has 0 unspecified atom stereocenters. The fraction of sp³-hybridized carbons (Fsp3) is 0.182. The molecule has 1 fully saturated rings. The van der Waals surface area contributed by atoms with Crippen molar-refractivity contribution in [3.63, 3.8) is 0 Å². The molecule has 0 radical (unpaired) electrons. The van der Waals surface area contributed by atoms with Crippen LogP contribution in [0.25, 0.3) is 0 Å². The zero-order valence-electron chi connectivity index (χ0n) is 13.5. The van der Waals surface area contributed by atoms with E-state index in [0.717, 1.165) is 12.0 Å². The van der Waals surface area contributed by atoms with E-state index in [-0.39, 0.29) is 5.92 Å². The van der Waals surface area contributed by atoms with Crippen LogP contribution in [0.2, 0.25) is 0 Å². The van der Waals surface area contributed by atoms with Crippen LogP contribution >= 0.6 is 0 Å². The van der Waals surface area contributed by atoms with Gasteiger partial charge in [0.15, 0.2) is 0 Å². The van der Waals surface area contributed by atoms with Gasteiger partial charge >= 0.3 is 0 Å². The summed E-state index contributed by atoms with van der Waals surface area (Å²) in [4.78, 5) is 2.36. The molecule has 0 saturated heterocycles. The SMILES string of the molecule is O[C@H](c1ccccc1)[C@H]1C[C@@H]1N(c1ccccc1)c1ccccc1. The summed E-state index contributed by atoms with van der Waals surface area (Å²) in [6, 6.07) is 31.2. The lowest BCUT2D eigenvalue weighted by Crippen LogP contribution is -2.22. The highest BCUT2D eigenvalue weighted by Gasteiger charge is 2.47. The molecule has 120 valence electrons. The van der Waals surface area contributed by atoms with Gasteiger partial charge in [-0.25, -0.2) is 0 Å². The van der Waals surface area contributed by atoms with Gasteiger partial charge in [-0.05, 0) is 36.2 Å².